The van der Waals surface area contributed by atoms with Crippen molar-refractivity contribution < 1.29 is 9.47 Å². The van der Waals surface area contributed by atoms with Gasteiger partial charge < -0.3 is 15.2 Å². The number of hydrogen-bond donors (Lipinski definition) is 1. The molecule has 0 radical (unpaired) electrons. The Morgan fingerprint density at radius 1 is 1.64 bits per heavy atom. The fourth-order valence-corrected chi connectivity index (χ4v) is 1.29. The van der Waals surface area contributed by atoms with Gasteiger partial charge in [0, 0.05) is 17.8 Å². The molecule has 1 aliphatic rings. The minimum absolute atomic E-state index is 0.0558. The van der Waals surface area contributed by atoms with Gasteiger partial charge in [-0.15, -0.1) is 0 Å². The molecule has 0 aromatic carbocycles. The summed E-state index contributed by atoms with van der Waals surface area (Å²) in [6, 6.07) is 3.75. The van der Waals surface area contributed by atoms with Crippen LogP contribution in [-0.2, 0) is 4.74 Å². The van der Waals surface area contributed by atoms with E-state index < -0.39 is 0 Å². The second-order valence-corrected chi connectivity index (χ2v) is 3.46. The molecule has 0 unspecified atom stereocenters. The molecule has 0 spiro atoms. The van der Waals surface area contributed by atoms with Crippen LogP contribution in [0.3, 0.4) is 0 Å². The summed E-state index contributed by atoms with van der Waals surface area (Å²) in [5, 5.41) is 0. The molecule has 1 fully saturated rings. The molecule has 2 heterocycles. The smallest absolute Gasteiger partial charge is 0.218 e. The fraction of sp³-hybridized carbons (Fsp3) is 0.500. The first kappa shape index (κ1) is 9.43. The van der Waals surface area contributed by atoms with Crippen molar-refractivity contribution in [1.82, 2.24) is 4.98 Å². The van der Waals surface area contributed by atoms with Crippen LogP contribution in [0, 0.1) is 0 Å². The third-order valence-corrected chi connectivity index (χ3v) is 2.18. The van der Waals surface area contributed by atoms with Gasteiger partial charge in [-0.05, 0) is 13.0 Å². The summed E-state index contributed by atoms with van der Waals surface area (Å²) in [6.07, 6.45) is 1.85. The van der Waals surface area contributed by atoms with Crippen LogP contribution in [0.2, 0.25) is 0 Å². The zero-order chi connectivity index (χ0) is 9.97. The Morgan fingerprint density at radius 3 is 3.00 bits per heavy atom. The molecule has 14 heavy (non-hydrogen) atoms. The molecule has 0 bridgehead atoms. The van der Waals surface area contributed by atoms with E-state index in [4.69, 9.17) is 15.2 Å². The Labute approximate surface area is 83.0 Å². The van der Waals surface area contributed by atoms with Crippen LogP contribution < -0.4 is 10.5 Å². The van der Waals surface area contributed by atoms with Crippen molar-refractivity contribution >= 4 is 0 Å². The number of hydrogen-bond acceptors (Lipinski definition) is 4. The maximum Gasteiger partial charge on any atom is 0.218 e. The van der Waals surface area contributed by atoms with Crippen LogP contribution in [0.4, 0.5) is 0 Å². The molecule has 2 rings (SSSR count). The largest absolute Gasteiger partial charge is 0.469 e. The number of rotatable bonds is 3. The number of nitrogens with two attached hydrogens (primary N) is 1. The summed E-state index contributed by atoms with van der Waals surface area (Å²) in [5.41, 5.74) is 6.74. The molecule has 0 saturated carbocycles. The van der Waals surface area contributed by atoms with Crippen LogP contribution in [0.5, 0.6) is 5.88 Å². The van der Waals surface area contributed by atoms with Crippen LogP contribution in [0.25, 0.3) is 0 Å². The van der Waals surface area contributed by atoms with Crippen molar-refractivity contribution in [2.45, 2.75) is 19.1 Å². The summed E-state index contributed by atoms with van der Waals surface area (Å²) < 4.78 is 10.7. The van der Waals surface area contributed by atoms with Gasteiger partial charge in [-0.2, -0.15) is 0 Å². The van der Waals surface area contributed by atoms with Gasteiger partial charge in [0.1, 0.15) is 6.10 Å². The Morgan fingerprint density at radius 2 is 2.43 bits per heavy atom. The lowest BCUT2D eigenvalue weighted by atomic mass is 10.1. The van der Waals surface area contributed by atoms with E-state index >= 15 is 0 Å². The molecule has 0 aliphatic carbocycles. The molecule has 4 nitrogen and oxygen atoms in total. The second-order valence-electron chi connectivity index (χ2n) is 3.46. The summed E-state index contributed by atoms with van der Waals surface area (Å²) >= 11 is 0. The van der Waals surface area contributed by atoms with Crippen molar-refractivity contribution in [1.29, 1.82) is 0 Å². The second kappa shape index (κ2) is 3.94. The quantitative estimate of drug-likeness (QED) is 0.776. The molecule has 76 valence electrons. The van der Waals surface area contributed by atoms with Gasteiger partial charge in [-0.1, -0.05) is 6.07 Å². The molecule has 1 aromatic heterocycles. The zero-order valence-electron chi connectivity index (χ0n) is 8.14. The number of nitrogens with zero attached hydrogens (tertiary/aromatic N) is 1. The molecule has 1 aromatic rings. The molecule has 1 atom stereocenters. The molecule has 1 aliphatic heterocycles. The average Bonchev–Trinajstić information content (AvgIpc) is 2.12. The van der Waals surface area contributed by atoms with Crippen LogP contribution in [0.1, 0.15) is 18.5 Å². The van der Waals surface area contributed by atoms with Crippen molar-refractivity contribution in [3.05, 3.63) is 23.9 Å². The highest BCUT2D eigenvalue weighted by atomic mass is 16.6. The van der Waals surface area contributed by atoms with Crippen molar-refractivity contribution in [2.75, 3.05) is 13.2 Å². The first-order chi connectivity index (χ1) is 6.77. The Bertz CT molecular complexity index is 311. The van der Waals surface area contributed by atoms with E-state index in [2.05, 4.69) is 4.98 Å². The highest BCUT2D eigenvalue weighted by Gasteiger charge is 2.22. The first-order valence-electron chi connectivity index (χ1n) is 4.72. The maximum atomic E-state index is 5.80. The number of ether oxygens (including phenoxy) is 2. The minimum Gasteiger partial charge on any atom is -0.469 e. The lowest BCUT2D eigenvalue weighted by Gasteiger charge is -2.27. The number of aromatic nitrogens is 1. The summed E-state index contributed by atoms with van der Waals surface area (Å²) in [4.78, 5) is 4.16. The zero-order valence-corrected chi connectivity index (χ0v) is 8.14. The molecular weight excluding hydrogens is 180 g/mol. The highest BCUT2D eigenvalue weighted by Crippen LogP contribution is 2.22. The standard InChI is InChI=1S/C10H14N2O2/c1-7(11)9-3-2-4-12-10(9)14-8-5-13-6-8/h2-4,7-8H,5-6,11H2,1H3/t7-/m0/s1. The van der Waals surface area contributed by atoms with E-state index in [1.807, 2.05) is 19.1 Å². The van der Waals surface area contributed by atoms with Crippen molar-refractivity contribution in [3.8, 4) is 5.88 Å². The molecule has 2 N–H and O–H groups in total. The van der Waals surface area contributed by atoms with E-state index in [1.54, 1.807) is 6.20 Å². The molecular formula is C10H14N2O2. The normalized spacial score (nSPS) is 18.7. The van der Waals surface area contributed by atoms with Crippen LogP contribution in [-0.4, -0.2) is 24.3 Å². The van der Waals surface area contributed by atoms with Gasteiger partial charge in [0.25, 0.3) is 0 Å². The fourth-order valence-electron chi connectivity index (χ4n) is 1.29. The Balaban J connectivity index is 2.13. The number of pyridine rings is 1. The van der Waals surface area contributed by atoms with E-state index in [1.165, 1.54) is 0 Å². The van der Waals surface area contributed by atoms with E-state index in [-0.39, 0.29) is 12.1 Å². The molecule has 4 heteroatoms. The Hall–Kier alpha value is -1.13. The van der Waals surface area contributed by atoms with Gasteiger partial charge in [-0.3, -0.25) is 0 Å². The predicted molar refractivity (Wildman–Crippen MR) is 52.1 cm³/mol. The monoisotopic (exact) mass is 194 g/mol. The highest BCUT2D eigenvalue weighted by molar-refractivity contribution is 5.28. The summed E-state index contributed by atoms with van der Waals surface area (Å²) in [5.74, 6) is 0.635. The summed E-state index contributed by atoms with van der Waals surface area (Å²) in [6.45, 7) is 3.21. The van der Waals surface area contributed by atoms with E-state index in [9.17, 15) is 0 Å². The SMILES string of the molecule is C[C@H](N)c1cccnc1OC1COC1. The summed E-state index contributed by atoms with van der Waals surface area (Å²) in [7, 11) is 0. The van der Waals surface area contributed by atoms with E-state index in [0.717, 1.165) is 5.56 Å². The van der Waals surface area contributed by atoms with Crippen LogP contribution >= 0.6 is 0 Å². The third kappa shape index (κ3) is 1.86. The average molecular weight is 194 g/mol. The van der Waals surface area contributed by atoms with Gasteiger partial charge in [-0.25, -0.2) is 4.98 Å². The van der Waals surface area contributed by atoms with Gasteiger partial charge in [0.05, 0.1) is 13.2 Å². The topological polar surface area (TPSA) is 57.4 Å². The van der Waals surface area contributed by atoms with Crippen molar-refractivity contribution in [2.24, 2.45) is 5.73 Å². The molecule has 0 amide bonds. The lowest BCUT2D eigenvalue weighted by molar-refractivity contribution is -0.0817. The van der Waals surface area contributed by atoms with Crippen LogP contribution in [0.15, 0.2) is 18.3 Å². The first-order valence-corrected chi connectivity index (χ1v) is 4.72. The van der Waals surface area contributed by atoms with Gasteiger partial charge in [0.2, 0.25) is 5.88 Å². The maximum absolute atomic E-state index is 5.80. The minimum atomic E-state index is -0.0558. The third-order valence-electron chi connectivity index (χ3n) is 2.18. The predicted octanol–water partition coefficient (Wildman–Crippen LogP) is 0.879. The van der Waals surface area contributed by atoms with Gasteiger partial charge in [0.15, 0.2) is 0 Å². The van der Waals surface area contributed by atoms with E-state index in [0.29, 0.717) is 19.1 Å². The van der Waals surface area contributed by atoms with Crippen molar-refractivity contribution in [3.63, 3.8) is 0 Å². The van der Waals surface area contributed by atoms with Gasteiger partial charge >= 0.3 is 0 Å². The molecule has 1 saturated heterocycles. The Kier molecular flexibility index (Phi) is 2.65. The lowest BCUT2D eigenvalue weighted by Crippen LogP contribution is -2.39.